The third-order valence-electron chi connectivity index (χ3n) is 3.61. The number of anilines is 2. The van der Waals surface area contributed by atoms with Crippen LogP contribution in [-0.4, -0.2) is 12.5 Å². The van der Waals surface area contributed by atoms with Crippen LogP contribution in [0.5, 0.6) is 0 Å². The number of rotatable bonds is 1. The van der Waals surface area contributed by atoms with E-state index in [0.29, 0.717) is 17.0 Å². The van der Waals surface area contributed by atoms with Gasteiger partial charge in [0.05, 0.1) is 0 Å². The Bertz CT molecular complexity index is 684. The molecular formula is C15H16BrClN2O2. The second-order valence-corrected chi connectivity index (χ2v) is 5.75. The van der Waals surface area contributed by atoms with E-state index >= 15 is 0 Å². The number of fused-ring (bicyclic) bond motifs is 1. The molecule has 2 heterocycles. The number of nitrogens with zero attached hydrogens (tertiary/aromatic N) is 1. The van der Waals surface area contributed by atoms with Crippen LogP contribution < -0.4 is 10.6 Å². The minimum absolute atomic E-state index is 0. The van der Waals surface area contributed by atoms with Crippen molar-refractivity contribution in [1.82, 2.24) is 0 Å². The second-order valence-electron chi connectivity index (χ2n) is 4.97. The van der Waals surface area contributed by atoms with E-state index in [4.69, 9.17) is 10.2 Å². The monoisotopic (exact) mass is 370 g/mol. The van der Waals surface area contributed by atoms with Gasteiger partial charge in [0.25, 0.3) is 5.91 Å². The molecule has 112 valence electrons. The highest BCUT2D eigenvalue weighted by molar-refractivity contribution is 9.10. The standard InChI is InChI=1S/C15H15BrN2O2.ClH/c1-9-8-13(16)20-14(9)15(19)18-7-3-4-10-11(17)5-2-6-12(10)18;/h2,5-6,8H,3-4,7,17H2,1H3;1H. The van der Waals surface area contributed by atoms with E-state index in [1.807, 2.05) is 25.1 Å². The largest absolute Gasteiger partial charge is 0.444 e. The van der Waals surface area contributed by atoms with Crippen molar-refractivity contribution in [2.75, 3.05) is 17.2 Å². The zero-order valence-electron chi connectivity index (χ0n) is 11.6. The summed E-state index contributed by atoms with van der Waals surface area (Å²) < 4.78 is 6.04. The number of hydrogen-bond acceptors (Lipinski definition) is 3. The van der Waals surface area contributed by atoms with Crippen molar-refractivity contribution in [3.63, 3.8) is 0 Å². The molecule has 0 aliphatic carbocycles. The molecule has 0 bridgehead atoms. The van der Waals surface area contributed by atoms with Gasteiger partial charge in [-0.15, -0.1) is 12.4 Å². The number of carbonyl (C=O) groups is 1. The van der Waals surface area contributed by atoms with Crippen LogP contribution in [0.2, 0.25) is 0 Å². The summed E-state index contributed by atoms with van der Waals surface area (Å²) >= 11 is 3.26. The van der Waals surface area contributed by atoms with Crippen LogP contribution in [0, 0.1) is 6.92 Å². The van der Waals surface area contributed by atoms with Crippen LogP contribution in [-0.2, 0) is 6.42 Å². The predicted octanol–water partition coefficient (Wildman–Crippen LogP) is 3.95. The molecule has 21 heavy (non-hydrogen) atoms. The van der Waals surface area contributed by atoms with Gasteiger partial charge in [-0.1, -0.05) is 6.07 Å². The summed E-state index contributed by atoms with van der Waals surface area (Å²) in [5.74, 6) is 0.270. The normalized spacial score (nSPS) is 13.5. The van der Waals surface area contributed by atoms with E-state index in [9.17, 15) is 4.79 Å². The SMILES string of the molecule is Cc1cc(Br)oc1C(=O)N1CCCc2c(N)cccc21.Cl. The predicted molar refractivity (Wildman–Crippen MR) is 89.2 cm³/mol. The number of hydrogen-bond donors (Lipinski definition) is 1. The lowest BCUT2D eigenvalue weighted by Crippen LogP contribution is -2.35. The molecule has 6 heteroatoms. The molecule has 1 aliphatic heterocycles. The molecule has 0 spiro atoms. The molecule has 1 amide bonds. The molecule has 1 aromatic heterocycles. The molecular weight excluding hydrogens is 356 g/mol. The van der Waals surface area contributed by atoms with Crippen molar-refractivity contribution in [2.45, 2.75) is 19.8 Å². The highest BCUT2D eigenvalue weighted by Gasteiger charge is 2.27. The molecule has 1 aromatic carbocycles. The van der Waals surface area contributed by atoms with Crippen LogP contribution in [0.1, 0.15) is 28.1 Å². The van der Waals surface area contributed by atoms with E-state index in [2.05, 4.69) is 15.9 Å². The van der Waals surface area contributed by atoms with Crippen molar-refractivity contribution in [1.29, 1.82) is 0 Å². The van der Waals surface area contributed by atoms with Crippen LogP contribution in [0.25, 0.3) is 0 Å². The second kappa shape index (κ2) is 6.12. The van der Waals surface area contributed by atoms with Crippen molar-refractivity contribution in [3.8, 4) is 0 Å². The lowest BCUT2D eigenvalue weighted by atomic mass is 9.99. The van der Waals surface area contributed by atoms with E-state index in [-0.39, 0.29) is 18.3 Å². The summed E-state index contributed by atoms with van der Waals surface area (Å²) in [4.78, 5) is 14.4. The number of furan rings is 1. The Morgan fingerprint density at radius 1 is 1.43 bits per heavy atom. The summed E-state index contributed by atoms with van der Waals surface area (Å²) in [6, 6.07) is 7.50. The molecule has 1 aliphatic rings. The van der Waals surface area contributed by atoms with Gasteiger partial charge in [-0.2, -0.15) is 0 Å². The summed E-state index contributed by atoms with van der Waals surface area (Å²) in [5, 5.41) is 0. The molecule has 2 N–H and O–H groups in total. The first-order valence-corrected chi connectivity index (χ1v) is 7.32. The van der Waals surface area contributed by atoms with Gasteiger partial charge >= 0.3 is 0 Å². The van der Waals surface area contributed by atoms with E-state index in [1.54, 1.807) is 11.0 Å². The number of amides is 1. The first-order valence-electron chi connectivity index (χ1n) is 6.53. The fourth-order valence-corrected chi connectivity index (χ4v) is 3.15. The highest BCUT2D eigenvalue weighted by atomic mass is 79.9. The number of halogens is 2. The first-order chi connectivity index (χ1) is 9.58. The molecule has 0 unspecified atom stereocenters. The maximum absolute atomic E-state index is 12.7. The van der Waals surface area contributed by atoms with Gasteiger partial charge in [0.15, 0.2) is 10.4 Å². The van der Waals surface area contributed by atoms with Gasteiger partial charge in [-0.25, -0.2) is 0 Å². The van der Waals surface area contributed by atoms with Gasteiger partial charge in [0.2, 0.25) is 0 Å². The van der Waals surface area contributed by atoms with Crippen LogP contribution in [0.3, 0.4) is 0 Å². The Kier molecular flexibility index (Phi) is 4.64. The summed E-state index contributed by atoms with van der Waals surface area (Å²) in [5.41, 5.74) is 9.53. The number of nitrogen functional groups attached to an aromatic ring is 1. The average molecular weight is 372 g/mol. The van der Waals surface area contributed by atoms with Crippen molar-refractivity contribution in [3.05, 3.63) is 45.8 Å². The summed E-state index contributed by atoms with van der Waals surface area (Å²) in [6.45, 7) is 2.55. The maximum Gasteiger partial charge on any atom is 0.294 e. The Hall–Kier alpha value is -1.46. The molecule has 2 aromatic rings. The van der Waals surface area contributed by atoms with Crippen LogP contribution in [0.15, 0.2) is 33.4 Å². The number of benzene rings is 1. The number of aryl methyl sites for hydroxylation is 1. The molecule has 0 saturated carbocycles. The van der Waals surface area contributed by atoms with Crippen LogP contribution >= 0.6 is 28.3 Å². The topological polar surface area (TPSA) is 59.5 Å². The Morgan fingerprint density at radius 3 is 2.86 bits per heavy atom. The summed E-state index contributed by atoms with van der Waals surface area (Å²) in [7, 11) is 0. The first kappa shape index (κ1) is 15.9. The Balaban J connectivity index is 0.00000161. The van der Waals surface area contributed by atoms with Crippen LogP contribution in [0.4, 0.5) is 11.4 Å². The smallest absolute Gasteiger partial charge is 0.294 e. The lowest BCUT2D eigenvalue weighted by molar-refractivity contribution is 0.0956. The van der Waals surface area contributed by atoms with Gasteiger partial charge in [-0.05, 0) is 59.5 Å². The Labute approximate surface area is 137 Å². The van der Waals surface area contributed by atoms with Crippen molar-refractivity contribution >= 4 is 45.6 Å². The third-order valence-corrected chi connectivity index (χ3v) is 4.00. The van der Waals surface area contributed by atoms with Gasteiger partial charge < -0.3 is 15.1 Å². The maximum atomic E-state index is 12.7. The quantitative estimate of drug-likeness (QED) is 0.772. The van der Waals surface area contributed by atoms with Gasteiger partial charge in [0.1, 0.15) is 0 Å². The minimum atomic E-state index is -0.111. The lowest BCUT2D eigenvalue weighted by Gasteiger charge is -2.29. The van der Waals surface area contributed by atoms with E-state index in [1.165, 1.54) is 0 Å². The molecule has 0 fully saturated rings. The van der Waals surface area contributed by atoms with Gasteiger partial charge in [0, 0.05) is 23.5 Å². The third kappa shape index (κ3) is 2.80. The average Bonchev–Trinajstić information content (AvgIpc) is 2.77. The fraction of sp³-hybridized carbons (Fsp3) is 0.267. The summed E-state index contributed by atoms with van der Waals surface area (Å²) in [6.07, 6.45) is 1.82. The molecule has 0 radical (unpaired) electrons. The Morgan fingerprint density at radius 2 is 2.19 bits per heavy atom. The molecule has 4 nitrogen and oxygen atoms in total. The molecule has 0 atom stereocenters. The molecule has 3 rings (SSSR count). The van der Waals surface area contributed by atoms with E-state index < -0.39 is 0 Å². The van der Waals surface area contributed by atoms with Gasteiger partial charge in [-0.3, -0.25) is 4.79 Å². The van der Waals surface area contributed by atoms with Crippen molar-refractivity contribution < 1.29 is 9.21 Å². The van der Waals surface area contributed by atoms with Crippen molar-refractivity contribution in [2.24, 2.45) is 0 Å². The molecule has 0 saturated heterocycles. The fourth-order valence-electron chi connectivity index (χ4n) is 2.64. The zero-order valence-corrected chi connectivity index (χ0v) is 14.0. The number of carbonyl (C=O) groups excluding carboxylic acids is 1. The van der Waals surface area contributed by atoms with E-state index in [0.717, 1.165) is 35.3 Å². The zero-order chi connectivity index (χ0) is 14.3. The minimum Gasteiger partial charge on any atom is -0.444 e. The highest BCUT2D eigenvalue weighted by Crippen LogP contribution is 2.33. The number of nitrogens with two attached hydrogens (primary N) is 1.